The van der Waals surface area contributed by atoms with Gasteiger partial charge in [-0.25, -0.2) is 0 Å². The van der Waals surface area contributed by atoms with Crippen LogP contribution in [0.2, 0.25) is 0 Å². The zero-order chi connectivity index (χ0) is 14.7. The number of carbonyl (C=O) groups excluding carboxylic acids is 2. The molecule has 0 aromatic rings. The predicted molar refractivity (Wildman–Crippen MR) is 73.8 cm³/mol. The van der Waals surface area contributed by atoms with Gasteiger partial charge in [0.15, 0.2) is 0 Å². The first-order valence-electron chi connectivity index (χ1n) is 6.91. The van der Waals surface area contributed by atoms with Crippen molar-refractivity contribution in [2.75, 3.05) is 19.8 Å². The average molecular weight is 273 g/mol. The van der Waals surface area contributed by atoms with Crippen molar-refractivity contribution < 1.29 is 19.1 Å². The van der Waals surface area contributed by atoms with Crippen LogP contribution in [-0.4, -0.2) is 37.2 Å². The second-order valence-electron chi connectivity index (χ2n) is 5.40. The molecule has 0 heterocycles. The Balaban J connectivity index is 3.52. The molecule has 0 saturated heterocycles. The fraction of sp³-hybridized carbons (Fsp3) is 0.857. The zero-order valence-electron chi connectivity index (χ0n) is 12.6. The molecule has 19 heavy (non-hydrogen) atoms. The number of nitrogens with one attached hydrogen (secondary N) is 1. The highest BCUT2D eigenvalue weighted by Gasteiger charge is 2.16. The summed E-state index contributed by atoms with van der Waals surface area (Å²) in [6, 6.07) is 0. The van der Waals surface area contributed by atoms with Gasteiger partial charge in [-0.15, -0.1) is 0 Å². The standard InChI is InChI=1S/C14H27NO4/c1-5-10-18-11-6-9-15-12(16)7-8-13(17)19-14(2,3)4/h5-11H2,1-4H3,(H,15,16). The lowest BCUT2D eigenvalue weighted by atomic mass is 10.2. The van der Waals surface area contributed by atoms with Crippen LogP contribution in [0.15, 0.2) is 0 Å². The Morgan fingerprint density at radius 3 is 2.37 bits per heavy atom. The maximum Gasteiger partial charge on any atom is 0.306 e. The molecule has 1 N–H and O–H groups in total. The van der Waals surface area contributed by atoms with Gasteiger partial charge in [-0.1, -0.05) is 6.92 Å². The van der Waals surface area contributed by atoms with E-state index in [2.05, 4.69) is 12.2 Å². The normalized spacial score (nSPS) is 11.2. The maximum atomic E-state index is 11.4. The molecular formula is C14H27NO4. The number of carbonyl (C=O) groups is 2. The van der Waals surface area contributed by atoms with Crippen LogP contribution >= 0.6 is 0 Å². The molecule has 5 heteroatoms. The van der Waals surface area contributed by atoms with Gasteiger partial charge >= 0.3 is 5.97 Å². The van der Waals surface area contributed by atoms with Crippen molar-refractivity contribution in [1.82, 2.24) is 5.32 Å². The predicted octanol–water partition coefficient (Wildman–Crippen LogP) is 2.04. The topological polar surface area (TPSA) is 64.6 Å². The van der Waals surface area contributed by atoms with Crippen LogP contribution in [0.4, 0.5) is 0 Å². The summed E-state index contributed by atoms with van der Waals surface area (Å²) in [5.41, 5.74) is -0.496. The van der Waals surface area contributed by atoms with Crippen molar-refractivity contribution in [3.05, 3.63) is 0 Å². The number of hydrogen-bond acceptors (Lipinski definition) is 4. The van der Waals surface area contributed by atoms with Crippen LogP contribution in [0.3, 0.4) is 0 Å². The van der Waals surface area contributed by atoms with Crippen molar-refractivity contribution in [1.29, 1.82) is 0 Å². The zero-order valence-corrected chi connectivity index (χ0v) is 12.6. The number of esters is 1. The monoisotopic (exact) mass is 273 g/mol. The van der Waals surface area contributed by atoms with Gasteiger partial charge in [0, 0.05) is 26.2 Å². The maximum absolute atomic E-state index is 11.4. The summed E-state index contributed by atoms with van der Waals surface area (Å²) >= 11 is 0. The minimum atomic E-state index is -0.496. The van der Waals surface area contributed by atoms with Crippen LogP contribution in [0, 0.1) is 0 Å². The summed E-state index contributed by atoms with van der Waals surface area (Å²) in [4.78, 5) is 22.8. The SMILES string of the molecule is CCCOCCCNC(=O)CCC(=O)OC(C)(C)C. The largest absolute Gasteiger partial charge is 0.460 e. The van der Waals surface area contributed by atoms with E-state index >= 15 is 0 Å². The van der Waals surface area contributed by atoms with E-state index < -0.39 is 5.60 Å². The van der Waals surface area contributed by atoms with Crippen molar-refractivity contribution in [3.63, 3.8) is 0 Å². The van der Waals surface area contributed by atoms with Gasteiger partial charge in [0.1, 0.15) is 5.60 Å². The Labute approximate surface area is 116 Å². The van der Waals surface area contributed by atoms with Gasteiger partial charge in [0.2, 0.25) is 5.91 Å². The molecule has 112 valence electrons. The molecule has 0 saturated carbocycles. The Kier molecular flexibility index (Phi) is 9.21. The lowest BCUT2D eigenvalue weighted by Gasteiger charge is -2.19. The van der Waals surface area contributed by atoms with Crippen LogP contribution < -0.4 is 5.32 Å². The molecule has 5 nitrogen and oxygen atoms in total. The first-order chi connectivity index (χ1) is 8.85. The van der Waals surface area contributed by atoms with E-state index in [1.165, 1.54) is 0 Å². The average Bonchev–Trinajstić information content (AvgIpc) is 2.29. The Bertz CT molecular complexity index is 271. The Morgan fingerprint density at radius 2 is 1.79 bits per heavy atom. The van der Waals surface area contributed by atoms with Crippen molar-refractivity contribution in [2.45, 2.75) is 59.0 Å². The molecule has 0 aromatic heterocycles. The van der Waals surface area contributed by atoms with Gasteiger partial charge in [-0.05, 0) is 33.6 Å². The third kappa shape index (κ3) is 13.1. The Morgan fingerprint density at radius 1 is 1.11 bits per heavy atom. The van der Waals surface area contributed by atoms with Crippen molar-refractivity contribution >= 4 is 11.9 Å². The molecule has 0 radical (unpaired) electrons. The lowest BCUT2D eigenvalue weighted by molar-refractivity contribution is -0.155. The van der Waals surface area contributed by atoms with Gasteiger partial charge < -0.3 is 14.8 Å². The molecule has 0 aliphatic rings. The molecule has 0 aromatic carbocycles. The summed E-state index contributed by atoms with van der Waals surface area (Å²) in [6.07, 6.45) is 2.08. The van der Waals surface area contributed by atoms with Gasteiger partial charge in [0.25, 0.3) is 0 Å². The van der Waals surface area contributed by atoms with E-state index in [4.69, 9.17) is 9.47 Å². The molecule has 0 fully saturated rings. The quantitative estimate of drug-likeness (QED) is 0.516. The molecular weight excluding hydrogens is 246 g/mol. The van der Waals surface area contributed by atoms with E-state index in [0.717, 1.165) is 19.4 Å². The van der Waals surface area contributed by atoms with Crippen LogP contribution in [0.1, 0.15) is 53.4 Å². The minimum Gasteiger partial charge on any atom is -0.460 e. The smallest absolute Gasteiger partial charge is 0.306 e. The summed E-state index contributed by atoms with van der Waals surface area (Å²) < 4.78 is 10.4. The summed E-state index contributed by atoms with van der Waals surface area (Å²) in [5, 5.41) is 2.75. The molecule has 0 spiro atoms. The highest BCUT2D eigenvalue weighted by Crippen LogP contribution is 2.08. The third-order valence-corrected chi connectivity index (χ3v) is 2.11. The number of rotatable bonds is 9. The second-order valence-corrected chi connectivity index (χ2v) is 5.40. The highest BCUT2D eigenvalue weighted by atomic mass is 16.6. The van der Waals surface area contributed by atoms with Crippen LogP contribution in [0.25, 0.3) is 0 Å². The molecule has 0 bridgehead atoms. The van der Waals surface area contributed by atoms with Crippen LogP contribution in [-0.2, 0) is 19.1 Å². The van der Waals surface area contributed by atoms with Crippen LogP contribution in [0.5, 0.6) is 0 Å². The van der Waals surface area contributed by atoms with E-state index in [-0.39, 0.29) is 24.7 Å². The van der Waals surface area contributed by atoms with Gasteiger partial charge in [-0.2, -0.15) is 0 Å². The molecule has 0 aliphatic heterocycles. The van der Waals surface area contributed by atoms with Gasteiger partial charge in [0.05, 0.1) is 6.42 Å². The molecule has 0 aliphatic carbocycles. The van der Waals surface area contributed by atoms with E-state index in [1.54, 1.807) is 20.8 Å². The summed E-state index contributed by atoms with van der Waals surface area (Å²) in [6.45, 7) is 9.46. The van der Waals surface area contributed by atoms with Crippen molar-refractivity contribution in [2.24, 2.45) is 0 Å². The highest BCUT2D eigenvalue weighted by molar-refractivity contribution is 5.81. The summed E-state index contributed by atoms with van der Waals surface area (Å²) in [5.74, 6) is -0.463. The number of ether oxygens (including phenoxy) is 2. The molecule has 1 amide bonds. The fourth-order valence-electron chi connectivity index (χ4n) is 1.34. The fourth-order valence-corrected chi connectivity index (χ4v) is 1.34. The van der Waals surface area contributed by atoms with Crippen molar-refractivity contribution in [3.8, 4) is 0 Å². The number of hydrogen-bond donors (Lipinski definition) is 1. The molecule has 0 rings (SSSR count). The Hall–Kier alpha value is -1.10. The minimum absolute atomic E-state index is 0.120. The number of amides is 1. The lowest BCUT2D eigenvalue weighted by Crippen LogP contribution is -2.28. The van der Waals surface area contributed by atoms with E-state index in [0.29, 0.717) is 13.2 Å². The first kappa shape index (κ1) is 17.9. The van der Waals surface area contributed by atoms with Gasteiger partial charge in [-0.3, -0.25) is 9.59 Å². The molecule has 0 unspecified atom stereocenters. The van der Waals surface area contributed by atoms with E-state index in [1.807, 2.05) is 0 Å². The second kappa shape index (κ2) is 9.78. The first-order valence-corrected chi connectivity index (χ1v) is 6.91. The molecule has 0 atom stereocenters. The van der Waals surface area contributed by atoms with E-state index in [9.17, 15) is 9.59 Å². The summed E-state index contributed by atoms with van der Waals surface area (Å²) in [7, 11) is 0. The third-order valence-electron chi connectivity index (χ3n) is 2.11.